The molecule has 0 fully saturated rings. The maximum atomic E-state index is 5.66. The van der Waals surface area contributed by atoms with Crippen molar-refractivity contribution in [3.63, 3.8) is 0 Å². The molecule has 0 aliphatic rings. The first-order valence-electron chi connectivity index (χ1n) is 4.79. The zero-order valence-electron chi connectivity index (χ0n) is 9.38. The van der Waals surface area contributed by atoms with E-state index in [1.54, 1.807) is 14.2 Å². The summed E-state index contributed by atoms with van der Waals surface area (Å²) in [5, 5.41) is 0.995. The zero-order valence-corrected chi connectivity index (χ0v) is 9.38. The average Bonchev–Trinajstić information content (AvgIpc) is 2.55. The van der Waals surface area contributed by atoms with Gasteiger partial charge in [0, 0.05) is 5.56 Å². The van der Waals surface area contributed by atoms with Crippen LogP contribution in [0.1, 0.15) is 11.3 Å². The number of methoxy groups -OCH3 is 2. The Morgan fingerprint density at radius 2 is 1.60 bits per heavy atom. The molecule has 0 bridgehead atoms. The van der Waals surface area contributed by atoms with Crippen LogP contribution in [0.5, 0.6) is 11.5 Å². The molecular formula is C12H14O3. The molecule has 0 saturated heterocycles. The Bertz CT molecular complexity index is 497. The van der Waals surface area contributed by atoms with Crippen LogP contribution in [0, 0.1) is 13.8 Å². The molecule has 0 unspecified atom stereocenters. The van der Waals surface area contributed by atoms with Gasteiger partial charge in [-0.05, 0) is 26.0 Å². The van der Waals surface area contributed by atoms with Crippen molar-refractivity contribution < 1.29 is 13.9 Å². The lowest BCUT2D eigenvalue weighted by atomic mass is 10.1. The van der Waals surface area contributed by atoms with Crippen LogP contribution in [0.4, 0.5) is 0 Å². The molecule has 3 heteroatoms. The van der Waals surface area contributed by atoms with Gasteiger partial charge in [-0.15, -0.1) is 0 Å². The monoisotopic (exact) mass is 206 g/mol. The molecule has 0 aliphatic carbocycles. The van der Waals surface area contributed by atoms with E-state index in [-0.39, 0.29) is 0 Å². The maximum absolute atomic E-state index is 5.66. The Balaban J connectivity index is 2.86. The number of ether oxygens (including phenoxy) is 2. The van der Waals surface area contributed by atoms with E-state index in [2.05, 4.69) is 0 Å². The van der Waals surface area contributed by atoms with E-state index in [0.717, 1.165) is 33.8 Å². The van der Waals surface area contributed by atoms with Crippen molar-refractivity contribution in [3.05, 3.63) is 23.5 Å². The SMILES string of the molecule is COc1ccc(OC)c2c(C)c(C)oc12. The largest absolute Gasteiger partial charge is 0.496 e. The lowest BCUT2D eigenvalue weighted by Crippen LogP contribution is -1.87. The Morgan fingerprint density at radius 1 is 1.00 bits per heavy atom. The molecule has 0 N–H and O–H groups in total. The van der Waals surface area contributed by atoms with Crippen molar-refractivity contribution in [1.29, 1.82) is 0 Å². The maximum Gasteiger partial charge on any atom is 0.180 e. The first-order chi connectivity index (χ1) is 7.19. The van der Waals surface area contributed by atoms with Crippen molar-refractivity contribution >= 4 is 11.0 Å². The Labute approximate surface area is 88.6 Å². The van der Waals surface area contributed by atoms with E-state index in [9.17, 15) is 0 Å². The van der Waals surface area contributed by atoms with Crippen molar-refractivity contribution in [2.45, 2.75) is 13.8 Å². The van der Waals surface area contributed by atoms with Crippen molar-refractivity contribution in [2.24, 2.45) is 0 Å². The van der Waals surface area contributed by atoms with Gasteiger partial charge in [0.2, 0.25) is 0 Å². The van der Waals surface area contributed by atoms with Gasteiger partial charge >= 0.3 is 0 Å². The van der Waals surface area contributed by atoms with Gasteiger partial charge in [-0.3, -0.25) is 0 Å². The normalized spacial score (nSPS) is 10.7. The van der Waals surface area contributed by atoms with Crippen LogP contribution in [-0.4, -0.2) is 14.2 Å². The van der Waals surface area contributed by atoms with Crippen LogP contribution in [-0.2, 0) is 0 Å². The van der Waals surface area contributed by atoms with Gasteiger partial charge in [0.25, 0.3) is 0 Å². The standard InChI is InChI=1S/C12H14O3/c1-7-8(2)15-12-10(14-4)6-5-9(13-3)11(7)12/h5-6H,1-4H3. The second kappa shape index (κ2) is 3.50. The molecule has 15 heavy (non-hydrogen) atoms. The summed E-state index contributed by atoms with van der Waals surface area (Å²) in [5.41, 5.74) is 1.85. The molecule has 3 nitrogen and oxygen atoms in total. The minimum Gasteiger partial charge on any atom is -0.496 e. The summed E-state index contributed by atoms with van der Waals surface area (Å²) in [6, 6.07) is 3.74. The first-order valence-corrected chi connectivity index (χ1v) is 4.79. The third kappa shape index (κ3) is 1.35. The number of fused-ring (bicyclic) bond motifs is 1. The highest BCUT2D eigenvalue weighted by Crippen LogP contribution is 2.38. The minimum absolute atomic E-state index is 0.738. The number of aryl methyl sites for hydroxylation is 2. The Kier molecular flexibility index (Phi) is 2.31. The molecule has 1 aromatic heterocycles. The molecule has 0 spiro atoms. The molecule has 1 aromatic carbocycles. The van der Waals surface area contributed by atoms with E-state index in [4.69, 9.17) is 13.9 Å². The summed E-state index contributed by atoms with van der Waals surface area (Å²) in [4.78, 5) is 0. The predicted octanol–water partition coefficient (Wildman–Crippen LogP) is 3.07. The molecule has 2 rings (SSSR count). The molecule has 1 heterocycles. The smallest absolute Gasteiger partial charge is 0.180 e. The summed E-state index contributed by atoms with van der Waals surface area (Å²) in [6.07, 6.45) is 0. The minimum atomic E-state index is 0.738. The quantitative estimate of drug-likeness (QED) is 0.756. The molecule has 0 saturated carbocycles. The summed E-state index contributed by atoms with van der Waals surface area (Å²) in [5.74, 6) is 2.45. The van der Waals surface area contributed by atoms with Crippen LogP contribution >= 0.6 is 0 Å². The topological polar surface area (TPSA) is 31.6 Å². The van der Waals surface area contributed by atoms with Crippen LogP contribution in [0.2, 0.25) is 0 Å². The Hall–Kier alpha value is -1.64. The summed E-state index contributed by atoms with van der Waals surface area (Å²) in [7, 11) is 3.29. The van der Waals surface area contributed by atoms with Crippen LogP contribution in [0.25, 0.3) is 11.0 Å². The number of benzene rings is 1. The number of rotatable bonds is 2. The van der Waals surface area contributed by atoms with E-state index in [1.165, 1.54) is 0 Å². The highest BCUT2D eigenvalue weighted by Gasteiger charge is 2.15. The lowest BCUT2D eigenvalue weighted by molar-refractivity contribution is 0.402. The molecule has 0 radical (unpaired) electrons. The fraction of sp³-hybridized carbons (Fsp3) is 0.333. The third-order valence-electron chi connectivity index (χ3n) is 2.68. The summed E-state index contributed by atoms with van der Waals surface area (Å²) < 4.78 is 16.2. The summed E-state index contributed by atoms with van der Waals surface area (Å²) >= 11 is 0. The lowest BCUT2D eigenvalue weighted by Gasteiger charge is -2.05. The highest BCUT2D eigenvalue weighted by atomic mass is 16.5. The van der Waals surface area contributed by atoms with Crippen LogP contribution in [0.15, 0.2) is 16.5 Å². The highest BCUT2D eigenvalue weighted by molar-refractivity contribution is 5.92. The fourth-order valence-corrected chi connectivity index (χ4v) is 1.74. The van der Waals surface area contributed by atoms with E-state index in [1.807, 2.05) is 26.0 Å². The van der Waals surface area contributed by atoms with Crippen molar-refractivity contribution in [1.82, 2.24) is 0 Å². The van der Waals surface area contributed by atoms with Gasteiger partial charge in [-0.25, -0.2) is 0 Å². The fourth-order valence-electron chi connectivity index (χ4n) is 1.74. The molecule has 80 valence electrons. The van der Waals surface area contributed by atoms with Gasteiger partial charge in [0.15, 0.2) is 11.3 Å². The second-order valence-electron chi connectivity index (χ2n) is 3.46. The summed E-state index contributed by atoms with van der Waals surface area (Å²) in [6.45, 7) is 3.96. The third-order valence-corrected chi connectivity index (χ3v) is 2.68. The van der Waals surface area contributed by atoms with Crippen molar-refractivity contribution in [3.8, 4) is 11.5 Å². The zero-order chi connectivity index (χ0) is 11.0. The van der Waals surface area contributed by atoms with Crippen molar-refractivity contribution in [2.75, 3.05) is 14.2 Å². The molecular weight excluding hydrogens is 192 g/mol. The van der Waals surface area contributed by atoms with E-state index >= 15 is 0 Å². The van der Waals surface area contributed by atoms with Gasteiger partial charge in [-0.2, -0.15) is 0 Å². The molecule has 0 atom stereocenters. The van der Waals surface area contributed by atoms with Gasteiger partial charge < -0.3 is 13.9 Å². The van der Waals surface area contributed by atoms with Crippen LogP contribution < -0.4 is 9.47 Å². The van der Waals surface area contributed by atoms with Gasteiger partial charge in [0.1, 0.15) is 11.5 Å². The number of hydrogen-bond donors (Lipinski definition) is 0. The van der Waals surface area contributed by atoms with Gasteiger partial charge in [-0.1, -0.05) is 0 Å². The van der Waals surface area contributed by atoms with E-state index in [0.29, 0.717) is 0 Å². The number of furan rings is 1. The molecule has 2 aromatic rings. The molecule has 0 aliphatic heterocycles. The van der Waals surface area contributed by atoms with Crippen LogP contribution in [0.3, 0.4) is 0 Å². The predicted molar refractivity (Wildman–Crippen MR) is 58.8 cm³/mol. The van der Waals surface area contributed by atoms with Gasteiger partial charge in [0.05, 0.1) is 19.6 Å². The average molecular weight is 206 g/mol. The second-order valence-corrected chi connectivity index (χ2v) is 3.46. The Morgan fingerprint density at radius 3 is 2.20 bits per heavy atom. The number of hydrogen-bond acceptors (Lipinski definition) is 3. The first kappa shape index (κ1) is 9.90. The molecule has 0 amide bonds. The van der Waals surface area contributed by atoms with E-state index < -0.39 is 0 Å².